The van der Waals surface area contributed by atoms with Crippen molar-refractivity contribution in [1.82, 2.24) is 5.32 Å². The van der Waals surface area contributed by atoms with Gasteiger partial charge in [-0.25, -0.2) is 4.39 Å². The Morgan fingerprint density at radius 1 is 1.35 bits per heavy atom. The van der Waals surface area contributed by atoms with E-state index in [-0.39, 0.29) is 18.7 Å². The Bertz CT molecular complexity index is 423. The summed E-state index contributed by atoms with van der Waals surface area (Å²) in [5.74, 6) is -0.920. The lowest BCUT2D eigenvalue weighted by Crippen LogP contribution is -2.24. The molecule has 0 saturated heterocycles. The predicted octanol–water partition coefficient (Wildman–Crippen LogP) is 2.33. The third kappa shape index (κ3) is 5.44. The Morgan fingerprint density at radius 3 is 2.65 bits per heavy atom. The molecule has 1 rings (SSSR count). The van der Waals surface area contributed by atoms with E-state index in [1.807, 2.05) is 0 Å². The summed E-state index contributed by atoms with van der Waals surface area (Å²) in [6.07, 6.45) is -4.90. The van der Waals surface area contributed by atoms with E-state index in [4.69, 9.17) is 4.74 Å². The van der Waals surface area contributed by atoms with Crippen LogP contribution in [-0.2, 0) is 17.5 Å². The molecule has 1 atom stereocenters. The van der Waals surface area contributed by atoms with Crippen LogP contribution in [0.2, 0.25) is 0 Å². The van der Waals surface area contributed by atoms with E-state index in [1.165, 1.54) is 7.11 Å². The number of rotatable bonds is 7. The summed E-state index contributed by atoms with van der Waals surface area (Å²) >= 11 is 0. The predicted molar refractivity (Wildman–Crippen MR) is 65.6 cm³/mol. The summed E-state index contributed by atoms with van der Waals surface area (Å²) in [6, 6.07) is 2.58. The van der Waals surface area contributed by atoms with Gasteiger partial charge in [-0.3, -0.25) is 0 Å². The van der Waals surface area contributed by atoms with Crippen LogP contribution in [0.1, 0.15) is 17.5 Å². The topological polar surface area (TPSA) is 41.5 Å². The molecule has 2 N–H and O–H groups in total. The Labute approximate surface area is 114 Å². The van der Waals surface area contributed by atoms with Gasteiger partial charge in [0.2, 0.25) is 0 Å². The second-order valence-corrected chi connectivity index (χ2v) is 4.37. The SMILES string of the molecule is COCC(O)CCNCc1ccc(F)cc1C(F)(F)F. The van der Waals surface area contributed by atoms with E-state index >= 15 is 0 Å². The first-order valence-corrected chi connectivity index (χ1v) is 6.08. The smallest absolute Gasteiger partial charge is 0.391 e. The highest BCUT2D eigenvalue weighted by Crippen LogP contribution is 2.32. The molecule has 1 unspecified atom stereocenters. The normalized spacial score (nSPS) is 13.5. The highest BCUT2D eigenvalue weighted by molar-refractivity contribution is 5.30. The average molecular weight is 295 g/mol. The Morgan fingerprint density at radius 2 is 2.05 bits per heavy atom. The van der Waals surface area contributed by atoms with Gasteiger partial charge in [-0.2, -0.15) is 13.2 Å². The number of aliphatic hydroxyl groups excluding tert-OH is 1. The Hall–Kier alpha value is -1.18. The van der Waals surface area contributed by atoms with E-state index in [1.54, 1.807) is 0 Å². The first-order valence-electron chi connectivity index (χ1n) is 6.08. The molecule has 0 aromatic heterocycles. The first-order chi connectivity index (χ1) is 9.34. The van der Waals surface area contributed by atoms with E-state index in [9.17, 15) is 22.7 Å². The number of halogens is 4. The van der Waals surface area contributed by atoms with Crippen LogP contribution < -0.4 is 5.32 Å². The van der Waals surface area contributed by atoms with E-state index in [0.717, 1.165) is 12.1 Å². The lowest BCUT2D eigenvalue weighted by molar-refractivity contribution is -0.138. The molecule has 0 spiro atoms. The van der Waals surface area contributed by atoms with Crippen LogP contribution in [0.4, 0.5) is 17.6 Å². The number of hydrogen-bond donors (Lipinski definition) is 2. The highest BCUT2D eigenvalue weighted by atomic mass is 19.4. The minimum atomic E-state index is -4.59. The van der Waals surface area contributed by atoms with Gasteiger partial charge in [-0.05, 0) is 30.7 Å². The molecule has 0 aliphatic rings. The van der Waals surface area contributed by atoms with Crippen LogP contribution >= 0.6 is 0 Å². The van der Waals surface area contributed by atoms with Gasteiger partial charge in [0, 0.05) is 13.7 Å². The van der Waals surface area contributed by atoms with Crippen LogP contribution in [0, 0.1) is 5.82 Å². The van der Waals surface area contributed by atoms with Crippen molar-refractivity contribution < 1.29 is 27.4 Å². The number of hydrogen-bond acceptors (Lipinski definition) is 3. The van der Waals surface area contributed by atoms with Crippen molar-refractivity contribution in [2.75, 3.05) is 20.3 Å². The fourth-order valence-corrected chi connectivity index (χ4v) is 1.73. The van der Waals surface area contributed by atoms with Gasteiger partial charge in [0.15, 0.2) is 0 Å². The zero-order valence-electron chi connectivity index (χ0n) is 11.0. The second-order valence-electron chi connectivity index (χ2n) is 4.37. The number of alkyl halides is 3. The Kier molecular flexibility index (Phi) is 6.38. The molecule has 114 valence electrons. The average Bonchev–Trinajstić information content (AvgIpc) is 2.35. The molecule has 0 aliphatic carbocycles. The monoisotopic (exact) mass is 295 g/mol. The maximum Gasteiger partial charge on any atom is 0.416 e. The molecular formula is C13H17F4NO2. The van der Waals surface area contributed by atoms with Crippen LogP contribution in [0.3, 0.4) is 0 Å². The van der Waals surface area contributed by atoms with Gasteiger partial charge < -0.3 is 15.2 Å². The molecule has 0 fully saturated rings. The zero-order chi connectivity index (χ0) is 15.2. The van der Waals surface area contributed by atoms with Crippen molar-refractivity contribution in [3.05, 3.63) is 35.1 Å². The lowest BCUT2D eigenvalue weighted by atomic mass is 10.1. The van der Waals surface area contributed by atoms with E-state index in [0.29, 0.717) is 19.0 Å². The molecule has 0 aliphatic heterocycles. The molecule has 0 bridgehead atoms. The molecule has 7 heteroatoms. The van der Waals surface area contributed by atoms with Crippen molar-refractivity contribution in [3.63, 3.8) is 0 Å². The van der Waals surface area contributed by atoms with E-state index < -0.39 is 23.7 Å². The molecule has 1 aromatic rings. The minimum absolute atomic E-state index is 0.0277. The fourth-order valence-electron chi connectivity index (χ4n) is 1.73. The fraction of sp³-hybridized carbons (Fsp3) is 0.538. The number of ether oxygens (including phenoxy) is 1. The molecule has 0 amide bonds. The third-order valence-electron chi connectivity index (χ3n) is 2.71. The summed E-state index contributed by atoms with van der Waals surface area (Å²) < 4.78 is 55.8. The maximum absolute atomic E-state index is 12.9. The van der Waals surface area contributed by atoms with Crippen LogP contribution in [0.25, 0.3) is 0 Å². The standard InChI is InChI=1S/C13H17F4NO2/c1-20-8-11(19)4-5-18-7-9-2-3-10(14)6-12(9)13(15,16)17/h2-3,6,11,18-19H,4-5,7-8H2,1H3. The molecule has 3 nitrogen and oxygen atoms in total. The van der Waals surface area contributed by atoms with Gasteiger partial charge in [0.1, 0.15) is 5.82 Å². The molecule has 1 aromatic carbocycles. The Balaban J connectivity index is 2.56. The highest BCUT2D eigenvalue weighted by Gasteiger charge is 2.33. The van der Waals surface area contributed by atoms with Crippen LogP contribution in [0.15, 0.2) is 18.2 Å². The lowest BCUT2D eigenvalue weighted by Gasteiger charge is -2.14. The quantitative estimate of drug-likeness (QED) is 0.599. The summed E-state index contributed by atoms with van der Waals surface area (Å²) in [4.78, 5) is 0. The summed E-state index contributed by atoms with van der Waals surface area (Å²) in [7, 11) is 1.45. The molecular weight excluding hydrogens is 278 g/mol. The van der Waals surface area contributed by atoms with Crippen LogP contribution in [-0.4, -0.2) is 31.5 Å². The van der Waals surface area contributed by atoms with Gasteiger partial charge in [-0.15, -0.1) is 0 Å². The minimum Gasteiger partial charge on any atom is -0.391 e. The van der Waals surface area contributed by atoms with Gasteiger partial charge in [0.25, 0.3) is 0 Å². The number of aliphatic hydroxyl groups is 1. The summed E-state index contributed by atoms with van der Waals surface area (Å²) in [6.45, 7) is 0.458. The molecule has 0 heterocycles. The second kappa shape index (κ2) is 7.56. The van der Waals surface area contributed by atoms with Gasteiger partial charge in [-0.1, -0.05) is 6.07 Å². The largest absolute Gasteiger partial charge is 0.416 e. The van der Waals surface area contributed by atoms with Crippen LogP contribution in [0.5, 0.6) is 0 Å². The molecule has 0 radical (unpaired) electrons. The summed E-state index contributed by atoms with van der Waals surface area (Å²) in [5.41, 5.74) is -1.01. The third-order valence-corrected chi connectivity index (χ3v) is 2.71. The number of benzene rings is 1. The van der Waals surface area contributed by atoms with Crippen molar-refractivity contribution >= 4 is 0 Å². The van der Waals surface area contributed by atoms with Gasteiger partial charge in [0.05, 0.1) is 18.3 Å². The van der Waals surface area contributed by atoms with Crippen molar-refractivity contribution in [3.8, 4) is 0 Å². The van der Waals surface area contributed by atoms with E-state index in [2.05, 4.69) is 5.32 Å². The summed E-state index contributed by atoms with van der Waals surface area (Å²) in [5, 5.41) is 12.2. The first kappa shape index (κ1) is 16.9. The van der Waals surface area contributed by atoms with Crippen molar-refractivity contribution in [1.29, 1.82) is 0 Å². The molecule has 20 heavy (non-hydrogen) atoms. The van der Waals surface area contributed by atoms with Crippen molar-refractivity contribution in [2.24, 2.45) is 0 Å². The molecule has 0 saturated carbocycles. The number of nitrogens with one attached hydrogen (secondary N) is 1. The van der Waals surface area contributed by atoms with Gasteiger partial charge >= 0.3 is 6.18 Å². The van der Waals surface area contributed by atoms with Crippen molar-refractivity contribution in [2.45, 2.75) is 25.2 Å². The zero-order valence-corrected chi connectivity index (χ0v) is 11.0. The number of methoxy groups -OCH3 is 1. The maximum atomic E-state index is 12.9.